The normalized spacial score (nSPS) is 12.3. The highest BCUT2D eigenvalue weighted by atomic mass is 14.3. The van der Waals surface area contributed by atoms with Gasteiger partial charge in [-0.05, 0) is 208 Å². The van der Waals surface area contributed by atoms with E-state index in [1.54, 1.807) is 0 Å². The number of hydrogen-bond acceptors (Lipinski definition) is 0. The summed E-state index contributed by atoms with van der Waals surface area (Å²) in [6.07, 6.45) is 0. The molecule has 0 atom stereocenters. The Kier molecular flexibility index (Phi) is 9.43. The van der Waals surface area contributed by atoms with Gasteiger partial charge in [-0.3, -0.25) is 0 Å². The van der Waals surface area contributed by atoms with E-state index >= 15 is 0 Å². The first-order valence-electron chi connectivity index (χ1n) is 29.4. The molecule has 0 saturated carbocycles. The molecule has 0 radical (unpaired) electrons. The Balaban J connectivity index is 0.737. The molecule has 0 heterocycles. The van der Waals surface area contributed by atoms with Crippen molar-refractivity contribution in [3.63, 3.8) is 0 Å². The quantitative estimate of drug-likeness (QED) is 0.119. The fraction of sp³-hybridized carbons (Fsp3) is 0. The molecule has 0 nitrogen and oxygen atoms in total. The first-order chi connectivity index (χ1) is 41.7. The van der Waals surface area contributed by atoms with E-state index in [4.69, 9.17) is 0 Å². The highest BCUT2D eigenvalue weighted by Gasteiger charge is 2.22. The van der Waals surface area contributed by atoms with Crippen molar-refractivity contribution >= 4 is 140 Å². The molecule has 0 aliphatic rings. The van der Waals surface area contributed by atoms with Crippen LogP contribution >= 0.6 is 0 Å². The largest absolute Gasteiger partial charge is 0.0622 e. The SMILES string of the molecule is c1ccc(-c2ccc3c4ccc(-c5ccc(-c6ccc7c(c6)c6ccccc6c6c8ccc(-c9ccc%10c%11ccc(-c%12ccccc%12)c%12cccc(c%13cccc9c%13%10)c%12%11)cc8c8ccccc8c76)cc5)c5cccc(c6cccc2c63)c54)cc1. The highest BCUT2D eigenvalue weighted by Crippen LogP contribution is 2.50. The van der Waals surface area contributed by atoms with Gasteiger partial charge >= 0.3 is 0 Å². The van der Waals surface area contributed by atoms with Gasteiger partial charge in [0, 0.05) is 0 Å². The maximum Gasteiger partial charge on any atom is -0.00139 e. The van der Waals surface area contributed by atoms with E-state index in [1.165, 1.54) is 196 Å². The van der Waals surface area contributed by atoms with E-state index in [-0.39, 0.29) is 0 Å². The van der Waals surface area contributed by atoms with Gasteiger partial charge in [0.05, 0.1) is 0 Å². The molecule has 0 bridgehead atoms. The van der Waals surface area contributed by atoms with E-state index < -0.39 is 0 Å². The van der Waals surface area contributed by atoms with Crippen molar-refractivity contribution in [1.29, 1.82) is 0 Å². The summed E-state index contributed by atoms with van der Waals surface area (Å²) >= 11 is 0. The molecule has 19 aromatic carbocycles. The zero-order valence-electron chi connectivity index (χ0n) is 45.7. The lowest BCUT2D eigenvalue weighted by molar-refractivity contribution is 1.63. The third kappa shape index (κ3) is 6.32. The number of hydrogen-bond donors (Lipinski definition) is 0. The Bertz CT molecular complexity index is 5950. The van der Waals surface area contributed by atoms with Crippen molar-refractivity contribution in [2.45, 2.75) is 0 Å². The molecule has 0 spiro atoms. The summed E-state index contributed by atoms with van der Waals surface area (Å²) in [4.78, 5) is 0. The van der Waals surface area contributed by atoms with Crippen molar-refractivity contribution in [1.82, 2.24) is 0 Å². The van der Waals surface area contributed by atoms with E-state index in [1.807, 2.05) is 0 Å². The first-order valence-corrected chi connectivity index (χ1v) is 29.4. The molecule has 0 heteroatoms. The van der Waals surface area contributed by atoms with Gasteiger partial charge in [-0.25, -0.2) is 0 Å². The number of benzene rings is 19. The summed E-state index contributed by atoms with van der Waals surface area (Å²) in [7, 11) is 0. The standard InChI is InChI=1S/C84H48/c1-3-15-50(16-4-1)55-39-43-71-73-45-41-57(63-25-13-29-68(81(63)73)67-27-11-23-61(55)79(67)71)52-33-31-49(32-34-52)53-35-37-75-77(47-53)59-19-7-9-21-65(59)84-76-38-36-54(48-78(76)60-20-8-10-22-66(60)83(75)84)58-42-46-74-72-44-40-56(51-17-5-2-6-18-51)62-24-12-28-69(80(62)72)70-30-14-26-64(58)82(70)74/h1-48H. The van der Waals surface area contributed by atoms with Crippen molar-refractivity contribution in [3.05, 3.63) is 291 Å². The van der Waals surface area contributed by atoms with Crippen molar-refractivity contribution in [2.24, 2.45) is 0 Å². The second kappa shape index (κ2) is 17.3. The third-order valence-corrected chi connectivity index (χ3v) is 19.1. The fourth-order valence-corrected chi connectivity index (χ4v) is 15.5. The average molecular weight is 1060 g/mol. The van der Waals surface area contributed by atoms with Crippen LogP contribution in [-0.2, 0) is 0 Å². The van der Waals surface area contributed by atoms with E-state index in [0.717, 1.165) is 0 Å². The molecule has 0 aliphatic carbocycles. The van der Waals surface area contributed by atoms with Crippen LogP contribution in [0.2, 0.25) is 0 Å². The van der Waals surface area contributed by atoms with Crippen LogP contribution in [0.1, 0.15) is 0 Å². The molecule has 0 amide bonds. The van der Waals surface area contributed by atoms with Crippen molar-refractivity contribution in [3.8, 4) is 55.6 Å². The molecule has 19 aromatic rings. The van der Waals surface area contributed by atoms with Gasteiger partial charge in [0.2, 0.25) is 0 Å². The van der Waals surface area contributed by atoms with E-state index in [9.17, 15) is 0 Å². The molecule has 84 heavy (non-hydrogen) atoms. The molecule has 0 aromatic heterocycles. The van der Waals surface area contributed by atoms with Gasteiger partial charge in [-0.2, -0.15) is 0 Å². The summed E-state index contributed by atoms with van der Waals surface area (Å²) in [6, 6.07) is 110. The van der Waals surface area contributed by atoms with Gasteiger partial charge in [0.1, 0.15) is 0 Å². The lowest BCUT2D eigenvalue weighted by atomic mass is 9.84. The zero-order valence-corrected chi connectivity index (χ0v) is 45.7. The second-order valence-electron chi connectivity index (χ2n) is 23.2. The Hall–Kier alpha value is -10.9. The van der Waals surface area contributed by atoms with Crippen molar-refractivity contribution in [2.75, 3.05) is 0 Å². The smallest absolute Gasteiger partial charge is 0.00139 e. The van der Waals surface area contributed by atoms with Gasteiger partial charge in [0.15, 0.2) is 0 Å². The number of rotatable bonds is 5. The summed E-state index contributed by atoms with van der Waals surface area (Å²) < 4.78 is 0. The lowest BCUT2D eigenvalue weighted by Crippen LogP contribution is -1.92. The Morgan fingerprint density at radius 3 is 0.750 bits per heavy atom. The van der Waals surface area contributed by atoms with Crippen LogP contribution in [0.15, 0.2) is 291 Å². The van der Waals surface area contributed by atoms with E-state index in [2.05, 4.69) is 291 Å². The molecule has 0 saturated heterocycles. The predicted molar refractivity (Wildman–Crippen MR) is 364 cm³/mol. The molecular weight excluding hydrogens is 1010 g/mol. The van der Waals surface area contributed by atoms with Gasteiger partial charge in [-0.1, -0.05) is 279 Å². The minimum atomic E-state index is 1.20. The van der Waals surface area contributed by atoms with Gasteiger partial charge in [-0.15, -0.1) is 0 Å². The van der Waals surface area contributed by atoms with Crippen LogP contribution in [0.5, 0.6) is 0 Å². The summed E-state index contributed by atoms with van der Waals surface area (Å²) in [5.41, 5.74) is 12.4. The summed E-state index contributed by atoms with van der Waals surface area (Å²) in [5, 5.41) is 33.8. The Morgan fingerprint density at radius 1 is 0.107 bits per heavy atom. The molecule has 0 fully saturated rings. The van der Waals surface area contributed by atoms with Crippen molar-refractivity contribution < 1.29 is 0 Å². The molecule has 0 unspecified atom stereocenters. The molecule has 0 aliphatic heterocycles. The second-order valence-corrected chi connectivity index (χ2v) is 23.2. The Morgan fingerprint density at radius 2 is 0.345 bits per heavy atom. The summed E-state index contributed by atoms with van der Waals surface area (Å²) in [6.45, 7) is 0. The lowest BCUT2D eigenvalue weighted by Gasteiger charge is -2.19. The molecule has 384 valence electrons. The van der Waals surface area contributed by atoms with Crippen LogP contribution in [0.3, 0.4) is 0 Å². The van der Waals surface area contributed by atoms with Crippen LogP contribution in [0.4, 0.5) is 0 Å². The minimum absolute atomic E-state index is 1.20. The van der Waals surface area contributed by atoms with Crippen LogP contribution in [0.25, 0.3) is 196 Å². The summed E-state index contributed by atoms with van der Waals surface area (Å²) in [5.74, 6) is 0. The minimum Gasteiger partial charge on any atom is -0.0622 e. The average Bonchev–Trinajstić information content (AvgIpc) is 1.92. The number of fused-ring (bicyclic) bond motifs is 15. The highest BCUT2D eigenvalue weighted by molar-refractivity contribution is 6.41. The topological polar surface area (TPSA) is 0 Å². The third-order valence-electron chi connectivity index (χ3n) is 19.1. The fourth-order valence-electron chi connectivity index (χ4n) is 15.5. The first kappa shape index (κ1) is 45.8. The van der Waals surface area contributed by atoms with Crippen LogP contribution < -0.4 is 0 Å². The molecule has 0 N–H and O–H groups in total. The van der Waals surface area contributed by atoms with Gasteiger partial charge < -0.3 is 0 Å². The zero-order chi connectivity index (χ0) is 54.7. The monoisotopic (exact) mass is 1060 g/mol. The molecule has 19 rings (SSSR count). The van der Waals surface area contributed by atoms with E-state index in [0.29, 0.717) is 0 Å². The maximum absolute atomic E-state index is 2.47. The van der Waals surface area contributed by atoms with Crippen LogP contribution in [-0.4, -0.2) is 0 Å². The van der Waals surface area contributed by atoms with Crippen LogP contribution in [0, 0.1) is 0 Å². The van der Waals surface area contributed by atoms with Gasteiger partial charge in [0.25, 0.3) is 0 Å². The Labute approximate surface area is 484 Å². The molecular formula is C84H48. The maximum atomic E-state index is 2.47. The predicted octanol–water partition coefficient (Wildman–Crippen LogP) is 23.9.